The van der Waals surface area contributed by atoms with Gasteiger partial charge in [-0.3, -0.25) is 0 Å². The smallest absolute Gasteiger partial charge is 0.337 e. The van der Waals surface area contributed by atoms with Gasteiger partial charge in [0.05, 0.1) is 18.8 Å². The van der Waals surface area contributed by atoms with Crippen LogP contribution in [-0.4, -0.2) is 19.2 Å². The van der Waals surface area contributed by atoms with E-state index in [-0.39, 0.29) is 19.5 Å². The minimum atomic E-state index is -0.325. The van der Waals surface area contributed by atoms with Gasteiger partial charge in [0.25, 0.3) is 0 Å². The molecule has 0 aromatic heterocycles. The van der Waals surface area contributed by atoms with Crippen LogP contribution in [0.3, 0.4) is 0 Å². The van der Waals surface area contributed by atoms with Crippen molar-refractivity contribution in [2.24, 2.45) is 0 Å². The molecule has 0 spiro atoms. The van der Waals surface area contributed by atoms with Crippen LogP contribution in [0.15, 0.2) is 18.2 Å². The first-order valence-corrected chi connectivity index (χ1v) is 4.90. The maximum Gasteiger partial charge on any atom is 0.337 e. The summed E-state index contributed by atoms with van der Waals surface area (Å²) in [5, 5.41) is 0. The van der Waals surface area contributed by atoms with Gasteiger partial charge in [0.2, 0.25) is 0 Å². The highest BCUT2D eigenvalue weighted by molar-refractivity contribution is 5.89. The molecule has 16 heavy (non-hydrogen) atoms. The monoisotopic (exact) mass is 224 g/mol. The molecular weight excluding hydrogens is 204 g/mol. The molecule has 0 fully saturated rings. The predicted molar refractivity (Wildman–Crippen MR) is 65.0 cm³/mol. The quantitative estimate of drug-likeness (QED) is 0.739. The van der Waals surface area contributed by atoms with Crippen LogP contribution < -0.4 is 4.74 Å². The molecule has 0 aliphatic heterocycles. The highest BCUT2D eigenvalue weighted by Crippen LogP contribution is 2.20. The van der Waals surface area contributed by atoms with Gasteiger partial charge in [-0.05, 0) is 44.5 Å². The molecular formula is C13H20O3. The predicted octanol–water partition coefficient (Wildman–Crippen LogP) is 3.20. The van der Waals surface area contributed by atoms with Crippen molar-refractivity contribution in [3.8, 4) is 5.75 Å². The second-order valence-electron chi connectivity index (χ2n) is 3.64. The van der Waals surface area contributed by atoms with Crippen LogP contribution in [0, 0.1) is 6.92 Å². The topological polar surface area (TPSA) is 35.5 Å². The van der Waals surface area contributed by atoms with Gasteiger partial charge in [-0.25, -0.2) is 4.79 Å². The van der Waals surface area contributed by atoms with Crippen LogP contribution in [0.4, 0.5) is 0 Å². The Labute approximate surface area is 97.4 Å². The summed E-state index contributed by atoms with van der Waals surface area (Å²) in [4.78, 5) is 11.2. The molecule has 0 bridgehead atoms. The van der Waals surface area contributed by atoms with Crippen LogP contribution in [0.25, 0.3) is 0 Å². The van der Waals surface area contributed by atoms with Crippen molar-refractivity contribution in [2.75, 3.05) is 7.11 Å². The lowest BCUT2D eigenvalue weighted by Crippen LogP contribution is -2.08. The molecule has 0 aliphatic carbocycles. The van der Waals surface area contributed by atoms with E-state index < -0.39 is 0 Å². The van der Waals surface area contributed by atoms with Crippen molar-refractivity contribution in [1.29, 1.82) is 0 Å². The summed E-state index contributed by atoms with van der Waals surface area (Å²) in [6.45, 7) is 5.84. The summed E-state index contributed by atoms with van der Waals surface area (Å²) in [5.74, 6) is 0.479. The number of aryl methyl sites for hydroxylation is 1. The lowest BCUT2D eigenvalue weighted by molar-refractivity contribution is 0.0600. The third-order valence-corrected chi connectivity index (χ3v) is 1.96. The minimum absolute atomic E-state index is 0. The van der Waals surface area contributed by atoms with Crippen molar-refractivity contribution in [3.05, 3.63) is 29.3 Å². The fourth-order valence-electron chi connectivity index (χ4n) is 1.28. The van der Waals surface area contributed by atoms with Gasteiger partial charge in [0, 0.05) is 0 Å². The van der Waals surface area contributed by atoms with Gasteiger partial charge in [-0.2, -0.15) is 0 Å². The van der Waals surface area contributed by atoms with Crippen LogP contribution >= 0.6 is 0 Å². The number of esters is 1. The molecule has 1 rings (SSSR count). The lowest BCUT2D eigenvalue weighted by atomic mass is 10.1. The van der Waals surface area contributed by atoms with E-state index in [4.69, 9.17) is 4.74 Å². The Morgan fingerprint density at radius 2 is 1.94 bits per heavy atom. The molecule has 0 radical (unpaired) electrons. The summed E-state index contributed by atoms with van der Waals surface area (Å²) in [6, 6.07) is 5.27. The molecule has 0 amide bonds. The zero-order valence-electron chi connectivity index (χ0n) is 9.53. The minimum Gasteiger partial charge on any atom is -0.491 e. The van der Waals surface area contributed by atoms with E-state index in [1.807, 2.05) is 20.8 Å². The van der Waals surface area contributed by atoms with Gasteiger partial charge in [0.15, 0.2) is 0 Å². The van der Waals surface area contributed by atoms with Gasteiger partial charge in [-0.1, -0.05) is 7.43 Å². The Hall–Kier alpha value is -1.51. The van der Waals surface area contributed by atoms with Crippen molar-refractivity contribution in [1.82, 2.24) is 0 Å². The third-order valence-electron chi connectivity index (χ3n) is 1.96. The summed E-state index contributed by atoms with van der Waals surface area (Å²) in [7, 11) is 1.37. The van der Waals surface area contributed by atoms with Crippen molar-refractivity contribution < 1.29 is 14.3 Å². The van der Waals surface area contributed by atoms with Crippen LogP contribution in [0.1, 0.15) is 37.2 Å². The molecule has 1 aromatic rings. The van der Waals surface area contributed by atoms with Gasteiger partial charge >= 0.3 is 5.97 Å². The molecule has 0 saturated heterocycles. The molecule has 3 heteroatoms. The SMILES string of the molecule is C.COC(=O)c1ccc(OC(C)C)c(C)c1. The largest absolute Gasteiger partial charge is 0.491 e. The Morgan fingerprint density at radius 3 is 2.38 bits per heavy atom. The average molecular weight is 224 g/mol. The number of carbonyl (C=O) groups excluding carboxylic acids is 1. The van der Waals surface area contributed by atoms with Crippen LogP contribution in [0.5, 0.6) is 5.75 Å². The lowest BCUT2D eigenvalue weighted by Gasteiger charge is -2.12. The fourth-order valence-corrected chi connectivity index (χ4v) is 1.28. The second-order valence-corrected chi connectivity index (χ2v) is 3.64. The molecule has 3 nitrogen and oxygen atoms in total. The Balaban J connectivity index is 0.00000225. The first-order chi connectivity index (χ1) is 7.04. The molecule has 0 atom stereocenters. The summed E-state index contributed by atoms with van der Waals surface area (Å²) in [5.41, 5.74) is 1.48. The van der Waals surface area contributed by atoms with E-state index in [1.165, 1.54) is 7.11 Å². The fraction of sp³-hybridized carbons (Fsp3) is 0.462. The van der Waals surface area contributed by atoms with E-state index >= 15 is 0 Å². The van der Waals surface area contributed by atoms with E-state index in [0.717, 1.165) is 11.3 Å². The maximum atomic E-state index is 11.2. The molecule has 90 valence electrons. The molecule has 0 unspecified atom stereocenters. The number of hydrogen-bond acceptors (Lipinski definition) is 3. The number of rotatable bonds is 3. The Kier molecular flexibility index (Phi) is 5.57. The first-order valence-electron chi connectivity index (χ1n) is 4.90. The first kappa shape index (κ1) is 14.5. The van der Waals surface area contributed by atoms with Crippen molar-refractivity contribution >= 4 is 5.97 Å². The average Bonchev–Trinajstić information content (AvgIpc) is 2.19. The highest BCUT2D eigenvalue weighted by Gasteiger charge is 2.08. The summed E-state index contributed by atoms with van der Waals surface area (Å²) < 4.78 is 10.2. The van der Waals surface area contributed by atoms with E-state index in [9.17, 15) is 4.79 Å². The van der Waals surface area contributed by atoms with Gasteiger partial charge in [-0.15, -0.1) is 0 Å². The number of methoxy groups -OCH3 is 1. The van der Waals surface area contributed by atoms with Gasteiger partial charge in [0.1, 0.15) is 5.75 Å². The van der Waals surface area contributed by atoms with E-state index in [1.54, 1.807) is 18.2 Å². The molecule has 1 aromatic carbocycles. The summed E-state index contributed by atoms with van der Waals surface area (Å²) in [6.07, 6.45) is 0.132. The standard InChI is InChI=1S/C12H16O3.CH4/c1-8(2)15-11-6-5-10(7-9(11)3)12(13)14-4;/h5-8H,1-4H3;1H4. The Morgan fingerprint density at radius 1 is 1.31 bits per heavy atom. The zero-order chi connectivity index (χ0) is 11.4. The number of hydrogen-bond donors (Lipinski definition) is 0. The molecule has 0 saturated carbocycles. The van der Waals surface area contributed by atoms with E-state index in [0.29, 0.717) is 5.56 Å². The molecule has 0 heterocycles. The molecule has 0 aliphatic rings. The number of ether oxygens (including phenoxy) is 2. The number of benzene rings is 1. The van der Waals surface area contributed by atoms with Gasteiger partial charge < -0.3 is 9.47 Å². The maximum absolute atomic E-state index is 11.2. The second kappa shape index (κ2) is 6.16. The van der Waals surface area contributed by atoms with Crippen molar-refractivity contribution in [2.45, 2.75) is 34.3 Å². The van der Waals surface area contributed by atoms with Crippen molar-refractivity contribution in [3.63, 3.8) is 0 Å². The number of carbonyl (C=O) groups is 1. The van der Waals surface area contributed by atoms with Crippen LogP contribution in [0.2, 0.25) is 0 Å². The highest BCUT2D eigenvalue weighted by atomic mass is 16.5. The third kappa shape index (κ3) is 3.57. The normalized spacial score (nSPS) is 9.56. The van der Waals surface area contributed by atoms with Crippen LogP contribution in [-0.2, 0) is 4.74 Å². The van der Waals surface area contributed by atoms with E-state index in [2.05, 4.69) is 4.74 Å². The zero-order valence-corrected chi connectivity index (χ0v) is 9.53. The Bertz CT molecular complexity index is 356. The summed E-state index contributed by atoms with van der Waals surface area (Å²) >= 11 is 0. The molecule has 0 N–H and O–H groups in total.